The van der Waals surface area contributed by atoms with E-state index in [0.29, 0.717) is 10.8 Å². The van der Waals surface area contributed by atoms with Crippen molar-refractivity contribution >= 4 is 29.2 Å². The summed E-state index contributed by atoms with van der Waals surface area (Å²) in [6, 6.07) is 21.5. The van der Waals surface area contributed by atoms with Gasteiger partial charge in [0.05, 0.1) is 18.9 Å². The summed E-state index contributed by atoms with van der Waals surface area (Å²) in [7, 11) is 0. The smallest absolute Gasteiger partial charge is 0.128 e. The number of aryl methyl sites for hydroxylation is 1. The van der Waals surface area contributed by atoms with Crippen LogP contribution >= 0.6 is 11.6 Å². The number of halogens is 1. The number of anilines is 1. The number of ether oxygens (including phenoxy) is 2. The molecule has 0 radical (unpaired) electrons. The number of nitrogens with zero attached hydrogens (tertiary/aromatic N) is 2. The molecule has 4 nitrogen and oxygen atoms in total. The highest BCUT2D eigenvalue weighted by molar-refractivity contribution is 6.30. The van der Waals surface area contributed by atoms with Crippen molar-refractivity contribution in [1.29, 1.82) is 0 Å². The number of hydrogen-bond donors (Lipinski definition) is 0. The first-order valence-corrected chi connectivity index (χ1v) is 10.1. The predicted octanol–water partition coefficient (Wildman–Crippen LogP) is 6.03. The van der Waals surface area contributed by atoms with E-state index < -0.39 is 0 Å². The van der Waals surface area contributed by atoms with Crippen molar-refractivity contribution in [3.63, 3.8) is 0 Å². The lowest BCUT2D eigenvalue weighted by atomic mass is 10.1. The van der Waals surface area contributed by atoms with E-state index in [1.54, 1.807) is 6.07 Å². The van der Waals surface area contributed by atoms with Crippen molar-refractivity contribution in [2.75, 3.05) is 31.2 Å². The summed E-state index contributed by atoms with van der Waals surface area (Å²) in [5.41, 5.74) is 4.44. The molecule has 0 unspecified atom stereocenters. The molecule has 0 spiro atoms. The van der Waals surface area contributed by atoms with Crippen molar-refractivity contribution in [3.8, 4) is 11.5 Å². The van der Waals surface area contributed by atoms with E-state index in [9.17, 15) is 0 Å². The van der Waals surface area contributed by atoms with Crippen LogP contribution in [0.15, 0.2) is 71.7 Å². The van der Waals surface area contributed by atoms with E-state index in [0.717, 1.165) is 43.3 Å². The van der Waals surface area contributed by atoms with Crippen LogP contribution in [0.5, 0.6) is 11.5 Å². The molecule has 4 rings (SSSR count). The van der Waals surface area contributed by atoms with Gasteiger partial charge in [-0.3, -0.25) is 4.99 Å². The lowest BCUT2D eigenvalue weighted by Crippen LogP contribution is -2.36. The molecule has 1 heterocycles. The van der Waals surface area contributed by atoms with E-state index in [2.05, 4.69) is 35.0 Å². The molecule has 1 aliphatic heterocycles. The van der Waals surface area contributed by atoms with Crippen LogP contribution in [0.25, 0.3) is 0 Å². The fraction of sp³-hybridized carbons (Fsp3) is 0.208. The molecule has 5 heteroatoms. The Morgan fingerprint density at radius 1 is 0.966 bits per heavy atom. The maximum Gasteiger partial charge on any atom is 0.128 e. The van der Waals surface area contributed by atoms with E-state index in [4.69, 9.17) is 21.1 Å². The molecule has 1 saturated heterocycles. The summed E-state index contributed by atoms with van der Waals surface area (Å²) in [4.78, 5) is 6.96. The van der Waals surface area contributed by atoms with Gasteiger partial charge in [-0.25, -0.2) is 0 Å². The van der Waals surface area contributed by atoms with Gasteiger partial charge in [0.25, 0.3) is 0 Å². The van der Waals surface area contributed by atoms with Crippen LogP contribution < -0.4 is 9.64 Å². The molecule has 1 fully saturated rings. The van der Waals surface area contributed by atoms with E-state index in [1.807, 2.05) is 48.7 Å². The third-order valence-corrected chi connectivity index (χ3v) is 5.09. The van der Waals surface area contributed by atoms with Crippen LogP contribution in [0.1, 0.15) is 11.1 Å². The Kier molecular flexibility index (Phi) is 6.13. The van der Waals surface area contributed by atoms with Crippen molar-refractivity contribution in [2.45, 2.75) is 6.92 Å². The Labute approximate surface area is 176 Å². The van der Waals surface area contributed by atoms with Crippen LogP contribution in [0.3, 0.4) is 0 Å². The van der Waals surface area contributed by atoms with Gasteiger partial charge in [0.2, 0.25) is 0 Å². The van der Waals surface area contributed by atoms with Gasteiger partial charge in [0.15, 0.2) is 0 Å². The molecular weight excluding hydrogens is 384 g/mol. The highest BCUT2D eigenvalue weighted by Crippen LogP contribution is 2.26. The Hall–Kier alpha value is -2.82. The topological polar surface area (TPSA) is 34.1 Å². The second-order valence-corrected chi connectivity index (χ2v) is 7.39. The molecule has 3 aromatic carbocycles. The Balaban J connectivity index is 1.42. The molecule has 0 aromatic heterocycles. The molecule has 0 atom stereocenters. The fourth-order valence-electron chi connectivity index (χ4n) is 3.23. The molecule has 0 saturated carbocycles. The van der Waals surface area contributed by atoms with Crippen molar-refractivity contribution < 1.29 is 9.47 Å². The Bertz CT molecular complexity index is 996. The molecule has 29 heavy (non-hydrogen) atoms. The summed E-state index contributed by atoms with van der Waals surface area (Å²) in [5.74, 6) is 1.46. The molecule has 0 bridgehead atoms. The lowest BCUT2D eigenvalue weighted by molar-refractivity contribution is 0.122. The minimum atomic E-state index is 0.652. The largest absolute Gasteiger partial charge is 0.457 e. The minimum absolute atomic E-state index is 0.652. The SMILES string of the molecule is Cc1cc(N2CCOCC2)ccc1C=Nc1ccc(Oc2cccc(Cl)c2)cc1. The Morgan fingerprint density at radius 3 is 2.48 bits per heavy atom. The van der Waals surface area contributed by atoms with Crippen molar-refractivity contribution in [2.24, 2.45) is 4.99 Å². The fourth-order valence-corrected chi connectivity index (χ4v) is 3.41. The van der Waals surface area contributed by atoms with Gasteiger partial charge in [-0.2, -0.15) is 0 Å². The third kappa shape index (κ3) is 5.17. The quantitative estimate of drug-likeness (QED) is 0.485. The van der Waals surface area contributed by atoms with E-state index in [-0.39, 0.29) is 0 Å². The maximum atomic E-state index is 5.99. The zero-order chi connectivity index (χ0) is 20.1. The molecule has 0 aliphatic carbocycles. The molecule has 1 aliphatic rings. The first kappa shape index (κ1) is 19.5. The number of rotatable bonds is 5. The van der Waals surface area contributed by atoms with Gasteiger partial charge in [-0.1, -0.05) is 23.7 Å². The van der Waals surface area contributed by atoms with Crippen LogP contribution in [0, 0.1) is 6.92 Å². The first-order valence-electron chi connectivity index (χ1n) is 9.68. The molecule has 0 amide bonds. The van der Waals surface area contributed by atoms with E-state index >= 15 is 0 Å². The van der Waals surface area contributed by atoms with Gasteiger partial charge >= 0.3 is 0 Å². The zero-order valence-corrected chi connectivity index (χ0v) is 17.1. The third-order valence-electron chi connectivity index (χ3n) is 4.85. The van der Waals surface area contributed by atoms with Gasteiger partial charge in [0.1, 0.15) is 11.5 Å². The molecular formula is C24H23ClN2O2. The van der Waals surface area contributed by atoms with Crippen molar-refractivity contribution in [1.82, 2.24) is 0 Å². The normalized spacial score (nSPS) is 14.3. The van der Waals surface area contributed by atoms with Crippen LogP contribution in [0.2, 0.25) is 5.02 Å². The summed E-state index contributed by atoms with van der Waals surface area (Å²) in [6.07, 6.45) is 1.91. The predicted molar refractivity (Wildman–Crippen MR) is 119 cm³/mol. The van der Waals surface area contributed by atoms with Crippen molar-refractivity contribution in [3.05, 3.63) is 82.9 Å². The average Bonchev–Trinajstić information content (AvgIpc) is 2.74. The van der Waals surface area contributed by atoms with Crippen LogP contribution in [-0.4, -0.2) is 32.5 Å². The lowest BCUT2D eigenvalue weighted by Gasteiger charge is -2.29. The number of hydrogen-bond acceptors (Lipinski definition) is 4. The summed E-state index contributed by atoms with van der Waals surface area (Å²) in [5, 5.41) is 0.652. The standard InChI is InChI=1S/C24H23ClN2O2/c1-18-15-22(27-11-13-28-14-12-27)8-5-19(18)17-26-21-6-9-23(10-7-21)29-24-4-2-3-20(25)16-24/h2-10,15-17H,11-14H2,1H3. The number of morpholine rings is 1. The summed E-state index contributed by atoms with van der Waals surface area (Å²) >= 11 is 5.99. The highest BCUT2D eigenvalue weighted by atomic mass is 35.5. The Morgan fingerprint density at radius 2 is 1.76 bits per heavy atom. The second kappa shape index (κ2) is 9.12. The monoisotopic (exact) mass is 406 g/mol. The average molecular weight is 407 g/mol. The van der Waals surface area contributed by atoms with Crippen LogP contribution in [0.4, 0.5) is 11.4 Å². The molecule has 148 valence electrons. The molecule has 3 aromatic rings. The van der Waals surface area contributed by atoms with Gasteiger partial charge in [-0.05, 0) is 72.6 Å². The van der Waals surface area contributed by atoms with Crippen LogP contribution in [-0.2, 0) is 4.74 Å². The first-order chi connectivity index (χ1) is 14.2. The maximum absolute atomic E-state index is 5.99. The van der Waals surface area contributed by atoms with Gasteiger partial charge in [0, 0.05) is 30.0 Å². The minimum Gasteiger partial charge on any atom is -0.457 e. The van der Waals surface area contributed by atoms with Gasteiger partial charge in [-0.15, -0.1) is 0 Å². The summed E-state index contributed by atoms with van der Waals surface area (Å²) < 4.78 is 11.2. The second-order valence-electron chi connectivity index (χ2n) is 6.95. The van der Waals surface area contributed by atoms with Gasteiger partial charge < -0.3 is 14.4 Å². The number of aliphatic imine (C=N–C) groups is 1. The highest BCUT2D eigenvalue weighted by Gasteiger charge is 2.11. The zero-order valence-electron chi connectivity index (χ0n) is 16.3. The molecule has 0 N–H and O–H groups in total. The number of benzene rings is 3. The van der Waals surface area contributed by atoms with E-state index in [1.165, 1.54) is 11.3 Å². The summed E-state index contributed by atoms with van der Waals surface area (Å²) in [6.45, 7) is 5.58.